The number of nitriles is 1. The Morgan fingerprint density at radius 1 is 1.36 bits per heavy atom. The zero-order valence-corrected chi connectivity index (χ0v) is 6.66. The van der Waals surface area contributed by atoms with Gasteiger partial charge in [-0.3, -0.25) is 0 Å². The van der Waals surface area contributed by atoms with E-state index >= 15 is 0 Å². The maximum atomic E-state index is 8.74. The fourth-order valence-electron chi connectivity index (χ4n) is 2.36. The topological polar surface area (TPSA) is 23.8 Å². The summed E-state index contributed by atoms with van der Waals surface area (Å²) in [5.74, 6) is 1.99. The molecule has 3 unspecified atom stereocenters. The normalized spacial score (nSPS) is 41.5. The van der Waals surface area contributed by atoms with Gasteiger partial charge in [0.05, 0.1) is 6.07 Å². The third kappa shape index (κ3) is 1.18. The average Bonchev–Trinajstić information content (AvgIpc) is 2.50. The molecule has 0 aliphatic heterocycles. The Morgan fingerprint density at radius 2 is 2.27 bits per heavy atom. The molecule has 0 aromatic rings. The van der Waals surface area contributed by atoms with Gasteiger partial charge in [0.15, 0.2) is 0 Å². The van der Waals surface area contributed by atoms with Crippen LogP contribution in [0.3, 0.4) is 0 Å². The predicted molar refractivity (Wildman–Crippen MR) is 43.7 cm³/mol. The van der Waals surface area contributed by atoms with Gasteiger partial charge in [-0.15, -0.1) is 0 Å². The van der Waals surface area contributed by atoms with E-state index in [0.717, 1.165) is 24.7 Å². The van der Waals surface area contributed by atoms with Crippen LogP contribution in [0.4, 0.5) is 0 Å². The Kier molecular flexibility index (Phi) is 1.69. The molecule has 0 aromatic carbocycles. The highest BCUT2D eigenvalue weighted by Gasteiger charge is 2.30. The first kappa shape index (κ1) is 6.91. The van der Waals surface area contributed by atoms with Crippen molar-refractivity contribution in [3.8, 4) is 6.07 Å². The van der Waals surface area contributed by atoms with Gasteiger partial charge in [0.25, 0.3) is 0 Å². The number of rotatable bonds is 0. The molecule has 2 aliphatic rings. The van der Waals surface area contributed by atoms with Crippen molar-refractivity contribution >= 4 is 0 Å². The average molecular weight is 147 g/mol. The van der Waals surface area contributed by atoms with Gasteiger partial charge in [-0.25, -0.2) is 0 Å². The van der Waals surface area contributed by atoms with E-state index in [9.17, 15) is 0 Å². The van der Waals surface area contributed by atoms with E-state index < -0.39 is 0 Å². The standard InChI is InChI=1S/C10H13N/c11-7-8-4-5-9-2-1-3-10(9)6-8/h1-2,8-10H,3-6H2. The summed E-state index contributed by atoms with van der Waals surface area (Å²) in [7, 11) is 0. The van der Waals surface area contributed by atoms with Crippen LogP contribution in [0, 0.1) is 29.1 Å². The number of fused-ring (bicyclic) bond motifs is 1. The Morgan fingerprint density at radius 3 is 3.09 bits per heavy atom. The van der Waals surface area contributed by atoms with Gasteiger partial charge in [0.2, 0.25) is 0 Å². The van der Waals surface area contributed by atoms with Crippen LogP contribution in [0.1, 0.15) is 25.7 Å². The van der Waals surface area contributed by atoms with Crippen molar-refractivity contribution < 1.29 is 0 Å². The summed E-state index contributed by atoms with van der Waals surface area (Å²) < 4.78 is 0. The minimum absolute atomic E-state index is 0.358. The van der Waals surface area contributed by atoms with Gasteiger partial charge < -0.3 is 0 Å². The van der Waals surface area contributed by atoms with Crippen molar-refractivity contribution in [3.63, 3.8) is 0 Å². The molecule has 58 valence electrons. The highest BCUT2D eigenvalue weighted by molar-refractivity contribution is 5.05. The lowest BCUT2D eigenvalue weighted by Crippen LogP contribution is -2.19. The van der Waals surface area contributed by atoms with Crippen LogP contribution in [0.25, 0.3) is 0 Å². The molecule has 0 aromatic heterocycles. The van der Waals surface area contributed by atoms with Gasteiger partial charge in [0.1, 0.15) is 0 Å². The van der Waals surface area contributed by atoms with Gasteiger partial charge in [0, 0.05) is 5.92 Å². The SMILES string of the molecule is N#CC1CCC2C=CCC2C1. The summed E-state index contributed by atoms with van der Waals surface area (Å²) in [6.07, 6.45) is 9.38. The molecule has 2 aliphatic carbocycles. The summed E-state index contributed by atoms with van der Waals surface area (Å²) in [6.45, 7) is 0. The molecule has 0 saturated heterocycles. The lowest BCUT2D eigenvalue weighted by atomic mass is 9.76. The van der Waals surface area contributed by atoms with Crippen molar-refractivity contribution in [2.24, 2.45) is 17.8 Å². The van der Waals surface area contributed by atoms with Gasteiger partial charge in [-0.05, 0) is 37.5 Å². The van der Waals surface area contributed by atoms with E-state index in [4.69, 9.17) is 5.26 Å². The van der Waals surface area contributed by atoms with Crippen LogP contribution in [-0.4, -0.2) is 0 Å². The quantitative estimate of drug-likeness (QED) is 0.483. The number of hydrogen-bond acceptors (Lipinski definition) is 1. The molecule has 3 atom stereocenters. The van der Waals surface area contributed by atoms with Crippen molar-refractivity contribution in [3.05, 3.63) is 12.2 Å². The summed E-state index contributed by atoms with van der Waals surface area (Å²) in [6, 6.07) is 2.39. The predicted octanol–water partition coefficient (Wildman–Crippen LogP) is 2.50. The number of nitrogens with zero attached hydrogens (tertiary/aromatic N) is 1. The molecule has 0 N–H and O–H groups in total. The molecular weight excluding hydrogens is 134 g/mol. The van der Waals surface area contributed by atoms with Crippen LogP contribution >= 0.6 is 0 Å². The molecular formula is C10H13N. The first-order chi connectivity index (χ1) is 5.40. The van der Waals surface area contributed by atoms with Crippen molar-refractivity contribution in [1.29, 1.82) is 5.26 Å². The fraction of sp³-hybridized carbons (Fsp3) is 0.700. The molecule has 0 heterocycles. The molecule has 0 spiro atoms. The third-order valence-corrected chi connectivity index (χ3v) is 3.05. The summed E-state index contributed by atoms with van der Waals surface area (Å²) in [5.41, 5.74) is 0. The summed E-state index contributed by atoms with van der Waals surface area (Å²) >= 11 is 0. The molecule has 0 radical (unpaired) electrons. The van der Waals surface area contributed by atoms with Crippen molar-refractivity contribution in [2.75, 3.05) is 0 Å². The maximum Gasteiger partial charge on any atom is 0.0655 e. The first-order valence-corrected chi connectivity index (χ1v) is 4.46. The lowest BCUT2D eigenvalue weighted by molar-refractivity contribution is 0.263. The van der Waals surface area contributed by atoms with E-state index in [-0.39, 0.29) is 0 Å². The molecule has 2 rings (SSSR count). The Bertz CT molecular complexity index is 211. The summed E-state index contributed by atoms with van der Waals surface area (Å²) in [4.78, 5) is 0. The van der Waals surface area contributed by atoms with Crippen LogP contribution in [0.15, 0.2) is 12.2 Å². The smallest absolute Gasteiger partial charge is 0.0655 e. The number of allylic oxidation sites excluding steroid dienone is 2. The van der Waals surface area contributed by atoms with Gasteiger partial charge in [-0.2, -0.15) is 5.26 Å². The number of hydrogen-bond donors (Lipinski definition) is 0. The molecule has 1 nitrogen and oxygen atoms in total. The highest BCUT2D eigenvalue weighted by Crippen LogP contribution is 2.39. The Balaban J connectivity index is 2.01. The highest BCUT2D eigenvalue weighted by atomic mass is 14.4. The van der Waals surface area contributed by atoms with Crippen molar-refractivity contribution in [1.82, 2.24) is 0 Å². The fourth-order valence-corrected chi connectivity index (χ4v) is 2.36. The van der Waals surface area contributed by atoms with Gasteiger partial charge >= 0.3 is 0 Å². The first-order valence-electron chi connectivity index (χ1n) is 4.46. The van der Waals surface area contributed by atoms with E-state index in [0.29, 0.717) is 5.92 Å². The zero-order chi connectivity index (χ0) is 7.68. The summed E-state index contributed by atoms with van der Waals surface area (Å²) in [5, 5.41) is 8.74. The van der Waals surface area contributed by atoms with E-state index in [1.54, 1.807) is 0 Å². The molecule has 1 saturated carbocycles. The second-order valence-corrected chi connectivity index (χ2v) is 3.73. The van der Waals surface area contributed by atoms with E-state index in [1.807, 2.05) is 0 Å². The Labute approximate surface area is 67.7 Å². The van der Waals surface area contributed by atoms with Crippen LogP contribution in [-0.2, 0) is 0 Å². The van der Waals surface area contributed by atoms with Gasteiger partial charge in [-0.1, -0.05) is 12.2 Å². The minimum atomic E-state index is 0.358. The Hall–Kier alpha value is -0.770. The molecule has 1 fully saturated rings. The largest absolute Gasteiger partial charge is 0.198 e. The van der Waals surface area contributed by atoms with Crippen LogP contribution < -0.4 is 0 Å². The second kappa shape index (κ2) is 2.70. The van der Waals surface area contributed by atoms with Crippen molar-refractivity contribution in [2.45, 2.75) is 25.7 Å². The monoisotopic (exact) mass is 147 g/mol. The third-order valence-electron chi connectivity index (χ3n) is 3.05. The molecule has 0 amide bonds. The molecule has 1 heteroatoms. The minimum Gasteiger partial charge on any atom is -0.198 e. The van der Waals surface area contributed by atoms with Crippen LogP contribution in [0.2, 0.25) is 0 Å². The maximum absolute atomic E-state index is 8.74. The van der Waals surface area contributed by atoms with E-state index in [2.05, 4.69) is 18.2 Å². The van der Waals surface area contributed by atoms with Crippen LogP contribution in [0.5, 0.6) is 0 Å². The molecule has 0 bridgehead atoms. The molecule has 11 heavy (non-hydrogen) atoms. The van der Waals surface area contributed by atoms with E-state index in [1.165, 1.54) is 12.8 Å². The zero-order valence-electron chi connectivity index (χ0n) is 6.66. The second-order valence-electron chi connectivity index (χ2n) is 3.73. The lowest BCUT2D eigenvalue weighted by Gasteiger charge is -2.27.